The summed E-state index contributed by atoms with van der Waals surface area (Å²) >= 11 is 0. The molecule has 1 aromatic rings. The minimum atomic E-state index is -0.0204. The van der Waals surface area contributed by atoms with E-state index in [1.54, 1.807) is 0 Å². The number of benzene rings is 1. The third-order valence-electron chi connectivity index (χ3n) is 3.45. The quantitative estimate of drug-likeness (QED) is 0.896. The number of amides is 2. The Labute approximate surface area is 126 Å². The van der Waals surface area contributed by atoms with Crippen molar-refractivity contribution in [1.82, 2.24) is 10.2 Å². The van der Waals surface area contributed by atoms with Crippen LogP contribution in [0, 0.1) is 0 Å². The van der Waals surface area contributed by atoms with Gasteiger partial charge in [-0.3, -0.25) is 0 Å². The summed E-state index contributed by atoms with van der Waals surface area (Å²) in [6, 6.07) is 8.64. The average Bonchev–Trinajstić information content (AvgIpc) is 2.45. The van der Waals surface area contributed by atoms with Crippen LogP contribution in [0.25, 0.3) is 0 Å². The van der Waals surface area contributed by atoms with Crippen LogP contribution in [0.1, 0.15) is 26.3 Å². The van der Waals surface area contributed by atoms with Crippen LogP contribution in [0.2, 0.25) is 0 Å². The number of urea groups is 1. The number of ether oxygens (including phenoxy) is 1. The molecule has 0 aliphatic carbocycles. The Morgan fingerprint density at radius 3 is 3.00 bits per heavy atom. The molecule has 1 aliphatic heterocycles. The second-order valence-electron chi connectivity index (χ2n) is 5.78. The first kappa shape index (κ1) is 15.6. The summed E-state index contributed by atoms with van der Waals surface area (Å²) in [5.41, 5.74) is 2.17. The summed E-state index contributed by atoms with van der Waals surface area (Å²) in [7, 11) is 0. The van der Waals surface area contributed by atoms with Crippen LogP contribution in [-0.2, 0) is 11.3 Å². The van der Waals surface area contributed by atoms with Gasteiger partial charge in [-0.2, -0.15) is 0 Å². The molecule has 5 heteroatoms. The van der Waals surface area contributed by atoms with E-state index in [-0.39, 0.29) is 12.1 Å². The van der Waals surface area contributed by atoms with E-state index in [2.05, 4.69) is 30.5 Å². The minimum absolute atomic E-state index is 0.0204. The molecule has 0 unspecified atom stereocenters. The Balaban J connectivity index is 1.88. The van der Waals surface area contributed by atoms with Gasteiger partial charge in [-0.1, -0.05) is 12.1 Å². The van der Waals surface area contributed by atoms with Gasteiger partial charge in [0.2, 0.25) is 0 Å². The Bertz CT molecular complexity index is 476. The molecule has 21 heavy (non-hydrogen) atoms. The molecule has 1 atom stereocenters. The van der Waals surface area contributed by atoms with E-state index in [1.165, 1.54) is 0 Å². The van der Waals surface area contributed by atoms with Gasteiger partial charge in [-0.05, 0) is 38.5 Å². The molecule has 2 rings (SSSR count). The minimum Gasteiger partial charge on any atom is -0.383 e. The predicted octanol–water partition coefficient (Wildman–Crippen LogP) is 2.44. The van der Waals surface area contributed by atoms with Gasteiger partial charge in [0.15, 0.2) is 0 Å². The number of morpholine rings is 1. The molecule has 2 amide bonds. The van der Waals surface area contributed by atoms with Gasteiger partial charge in [0.25, 0.3) is 0 Å². The lowest BCUT2D eigenvalue weighted by atomic mass is 10.2. The first-order chi connectivity index (χ1) is 10.1. The third kappa shape index (κ3) is 4.63. The van der Waals surface area contributed by atoms with Crippen LogP contribution < -0.4 is 10.6 Å². The molecule has 0 radical (unpaired) electrons. The van der Waals surface area contributed by atoms with Crippen molar-refractivity contribution in [3.63, 3.8) is 0 Å². The lowest BCUT2D eigenvalue weighted by molar-refractivity contribution is 0.0190. The largest absolute Gasteiger partial charge is 0.383 e. The normalized spacial score (nSPS) is 18.7. The number of rotatable bonds is 4. The maximum atomic E-state index is 12.2. The molecule has 0 saturated carbocycles. The number of carbonyl (C=O) groups excluding carboxylic acids is 1. The average molecular weight is 291 g/mol. The number of hydrogen-bond acceptors (Lipinski definition) is 3. The van der Waals surface area contributed by atoms with Gasteiger partial charge in [-0.25, -0.2) is 4.79 Å². The zero-order valence-electron chi connectivity index (χ0n) is 13.1. The van der Waals surface area contributed by atoms with Gasteiger partial charge in [0.05, 0.1) is 19.3 Å². The molecule has 1 aromatic carbocycles. The van der Waals surface area contributed by atoms with Crippen molar-refractivity contribution in [2.45, 2.75) is 39.4 Å². The Hall–Kier alpha value is -1.75. The monoisotopic (exact) mass is 291 g/mol. The summed E-state index contributed by atoms with van der Waals surface area (Å²) in [5, 5.41) is 6.35. The van der Waals surface area contributed by atoms with E-state index in [0.29, 0.717) is 32.3 Å². The van der Waals surface area contributed by atoms with Gasteiger partial charge < -0.3 is 20.3 Å². The third-order valence-corrected chi connectivity index (χ3v) is 3.45. The predicted molar refractivity (Wildman–Crippen MR) is 84.4 cm³/mol. The number of hydrogen-bond donors (Lipinski definition) is 2. The molecule has 1 saturated heterocycles. The Kier molecular flexibility index (Phi) is 5.44. The number of nitrogens with one attached hydrogen (secondary N) is 2. The summed E-state index contributed by atoms with van der Waals surface area (Å²) < 4.78 is 5.35. The SMILES string of the molecule is CC(C)Nc1cccc(CNC(=O)N2CCOC[C@H]2C)c1. The highest BCUT2D eigenvalue weighted by molar-refractivity contribution is 5.74. The van der Waals surface area contributed by atoms with Crippen LogP contribution in [0.5, 0.6) is 0 Å². The van der Waals surface area contributed by atoms with E-state index in [9.17, 15) is 4.79 Å². The van der Waals surface area contributed by atoms with Crippen LogP contribution in [0.15, 0.2) is 24.3 Å². The second-order valence-corrected chi connectivity index (χ2v) is 5.78. The lowest BCUT2D eigenvalue weighted by Gasteiger charge is -2.33. The fourth-order valence-corrected chi connectivity index (χ4v) is 2.41. The molecular weight excluding hydrogens is 266 g/mol. The van der Waals surface area contributed by atoms with Crippen molar-refractivity contribution in [1.29, 1.82) is 0 Å². The van der Waals surface area contributed by atoms with Crippen LogP contribution in [0.3, 0.4) is 0 Å². The zero-order chi connectivity index (χ0) is 15.2. The molecule has 0 bridgehead atoms. The second kappa shape index (κ2) is 7.31. The molecule has 5 nitrogen and oxygen atoms in total. The standard InChI is InChI=1S/C16H25N3O2/c1-12(2)18-15-6-4-5-14(9-15)10-17-16(20)19-7-8-21-11-13(19)3/h4-6,9,12-13,18H,7-8,10-11H2,1-3H3,(H,17,20)/t13-/m1/s1. The van der Waals surface area contributed by atoms with Crippen molar-refractivity contribution in [2.75, 3.05) is 25.1 Å². The van der Waals surface area contributed by atoms with Crippen molar-refractivity contribution in [3.8, 4) is 0 Å². The Morgan fingerprint density at radius 2 is 2.29 bits per heavy atom. The lowest BCUT2D eigenvalue weighted by Crippen LogP contribution is -2.51. The van der Waals surface area contributed by atoms with E-state index in [0.717, 1.165) is 11.3 Å². The molecule has 1 aliphatic rings. The number of anilines is 1. The van der Waals surface area contributed by atoms with Gasteiger partial charge in [0.1, 0.15) is 0 Å². The molecule has 0 spiro atoms. The highest BCUT2D eigenvalue weighted by Gasteiger charge is 2.23. The van der Waals surface area contributed by atoms with Gasteiger partial charge in [0, 0.05) is 24.8 Å². The molecular formula is C16H25N3O2. The highest BCUT2D eigenvalue weighted by Crippen LogP contribution is 2.12. The summed E-state index contributed by atoms with van der Waals surface area (Å²) in [6.07, 6.45) is 0. The highest BCUT2D eigenvalue weighted by atomic mass is 16.5. The van der Waals surface area contributed by atoms with Crippen LogP contribution in [-0.4, -0.2) is 42.8 Å². The van der Waals surface area contributed by atoms with E-state index in [1.807, 2.05) is 30.0 Å². The first-order valence-electron chi connectivity index (χ1n) is 7.54. The Morgan fingerprint density at radius 1 is 1.48 bits per heavy atom. The maximum absolute atomic E-state index is 12.2. The van der Waals surface area contributed by atoms with Crippen LogP contribution >= 0.6 is 0 Å². The smallest absolute Gasteiger partial charge is 0.318 e. The molecule has 116 valence electrons. The summed E-state index contributed by atoms with van der Waals surface area (Å²) in [5.74, 6) is 0. The van der Waals surface area contributed by atoms with Gasteiger partial charge >= 0.3 is 6.03 Å². The fraction of sp³-hybridized carbons (Fsp3) is 0.562. The van der Waals surface area contributed by atoms with Crippen molar-refractivity contribution in [2.24, 2.45) is 0 Å². The van der Waals surface area contributed by atoms with Crippen molar-refractivity contribution >= 4 is 11.7 Å². The van der Waals surface area contributed by atoms with Gasteiger partial charge in [-0.15, -0.1) is 0 Å². The zero-order valence-corrected chi connectivity index (χ0v) is 13.1. The first-order valence-corrected chi connectivity index (χ1v) is 7.54. The molecule has 0 aromatic heterocycles. The van der Waals surface area contributed by atoms with E-state index < -0.39 is 0 Å². The van der Waals surface area contributed by atoms with Crippen molar-refractivity contribution in [3.05, 3.63) is 29.8 Å². The number of nitrogens with zero attached hydrogens (tertiary/aromatic N) is 1. The summed E-state index contributed by atoms with van der Waals surface area (Å²) in [4.78, 5) is 14.0. The summed E-state index contributed by atoms with van der Waals surface area (Å²) in [6.45, 7) is 8.64. The van der Waals surface area contributed by atoms with E-state index in [4.69, 9.17) is 4.74 Å². The topological polar surface area (TPSA) is 53.6 Å². The van der Waals surface area contributed by atoms with Crippen molar-refractivity contribution < 1.29 is 9.53 Å². The van der Waals surface area contributed by atoms with E-state index >= 15 is 0 Å². The fourth-order valence-electron chi connectivity index (χ4n) is 2.41. The molecule has 1 heterocycles. The number of carbonyl (C=O) groups is 1. The molecule has 1 fully saturated rings. The van der Waals surface area contributed by atoms with Crippen LogP contribution in [0.4, 0.5) is 10.5 Å². The molecule has 2 N–H and O–H groups in total. The maximum Gasteiger partial charge on any atom is 0.318 e.